The van der Waals surface area contributed by atoms with Gasteiger partial charge in [0, 0.05) is 11.3 Å². The molecule has 0 fully saturated rings. The molecule has 0 saturated heterocycles. The molecular weight excluding hydrogens is 226 g/mol. The molecule has 80 valence electrons. The quantitative estimate of drug-likeness (QED) is 0.796. The molecule has 1 atom stereocenters. The second-order valence-corrected chi connectivity index (χ2v) is 3.88. The van der Waals surface area contributed by atoms with Crippen molar-refractivity contribution in [3.8, 4) is 0 Å². The monoisotopic (exact) mass is 239 g/mol. The van der Waals surface area contributed by atoms with Gasteiger partial charge in [0.1, 0.15) is 0 Å². The van der Waals surface area contributed by atoms with Crippen LogP contribution in [0, 0.1) is 0 Å². The molecule has 0 spiro atoms. The standard InChI is InChI=1S/C11H11NS.CH3Cl/c12-11(10-7-4-8-13-10)9-5-2-1-3-6-9;1-2/h1-8,11H,12H2;1H3. The maximum absolute atomic E-state index is 6.07. The van der Waals surface area contributed by atoms with E-state index in [0.717, 1.165) is 0 Å². The Bertz CT molecular complexity index is 358. The minimum atomic E-state index is 0.0289. The van der Waals surface area contributed by atoms with Gasteiger partial charge in [-0.1, -0.05) is 36.4 Å². The number of hydrogen-bond acceptors (Lipinski definition) is 2. The van der Waals surface area contributed by atoms with E-state index in [1.807, 2.05) is 24.3 Å². The van der Waals surface area contributed by atoms with Crippen molar-refractivity contribution in [1.82, 2.24) is 0 Å². The first-order valence-corrected chi connectivity index (χ1v) is 6.23. The van der Waals surface area contributed by atoms with E-state index >= 15 is 0 Å². The Morgan fingerprint density at radius 2 is 1.73 bits per heavy atom. The fraction of sp³-hybridized carbons (Fsp3) is 0.167. The average Bonchev–Trinajstić information content (AvgIpc) is 2.85. The molecule has 2 N–H and O–H groups in total. The van der Waals surface area contributed by atoms with Crippen LogP contribution in [0.2, 0.25) is 0 Å². The van der Waals surface area contributed by atoms with Crippen molar-refractivity contribution < 1.29 is 0 Å². The van der Waals surface area contributed by atoms with Crippen LogP contribution < -0.4 is 5.73 Å². The van der Waals surface area contributed by atoms with E-state index in [-0.39, 0.29) is 6.04 Å². The zero-order chi connectivity index (χ0) is 11.1. The maximum Gasteiger partial charge on any atom is 0.0645 e. The van der Waals surface area contributed by atoms with Crippen LogP contribution in [0.25, 0.3) is 0 Å². The van der Waals surface area contributed by atoms with Crippen molar-refractivity contribution >= 4 is 22.9 Å². The molecule has 15 heavy (non-hydrogen) atoms. The van der Waals surface area contributed by atoms with Gasteiger partial charge in [0.2, 0.25) is 0 Å². The molecule has 2 rings (SSSR count). The topological polar surface area (TPSA) is 26.0 Å². The summed E-state index contributed by atoms with van der Waals surface area (Å²) < 4.78 is 0. The highest BCUT2D eigenvalue weighted by molar-refractivity contribution is 7.10. The Balaban J connectivity index is 0.000000531. The molecule has 0 radical (unpaired) electrons. The van der Waals surface area contributed by atoms with Crippen molar-refractivity contribution in [2.75, 3.05) is 6.38 Å². The third kappa shape index (κ3) is 3.34. The molecule has 0 bridgehead atoms. The van der Waals surface area contributed by atoms with Crippen LogP contribution in [0.3, 0.4) is 0 Å². The molecule has 1 aromatic carbocycles. The van der Waals surface area contributed by atoms with Gasteiger partial charge in [-0.3, -0.25) is 0 Å². The molecule has 1 unspecified atom stereocenters. The number of nitrogens with two attached hydrogens (primary N) is 1. The lowest BCUT2D eigenvalue weighted by atomic mass is 10.1. The minimum Gasteiger partial charge on any atom is -0.320 e. The summed E-state index contributed by atoms with van der Waals surface area (Å²) in [4.78, 5) is 1.21. The predicted octanol–water partition coefficient (Wildman–Crippen LogP) is 3.65. The van der Waals surface area contributed by atoms with E-state index in [0.29, 0.717) is 0 Å². The summed E-state index contributed by atoms with van der Waals surface area (Å²) >= 11 is 6.34. The summed E-state index contributed by atoms with van der Waals surface area (Å²) in [7, 11) is 0. The summed E-state index contributed by atoms with van der Waals surface area (Å²) in [6.45, 7) is 0. The Hall–Kier alpha value is -0.830. The lowest BCUT2D eigenvalue weighted by Crippen LogP contribution is -2.09. The molecule has 1 aromatic heterocycles. The first-order valence-electron chi connectivity index (χ1n) is 4.59. The second-order valence-electron chi connectivity index (χ2n) is 2.90. The van der Waals surface area contributed by atoms with Crippen molar-refractivity contribution in [3.63, 3.8) is 0 Å². The van der Waals surface area contributed by atoms with Crippen LogP contribution in [-0.2, 0) is 0 Å². The highest BCUT2D eigenvalue weighted by Crippen LogP contribution is 2.22. The number of halogens is 1. The van der Waals surface area contributed by atoms with Gasteiger partial charge in [-0.2, -0.15) is 0 Å². The Kier molecular flexibility index (Phi) is 5.40. The Morgan fingerprint density at radius 3 is 2.27 bits per heavy atom. The van der Waals surface area contributed by atoms with E-state index in [1.54, 1.807) is 11.3 Å². The molecule has 0 aliphatic rings. The second kappa shape index (κ2) is 6.62. The predicted molar refractivity (Wildman–Crippen MR) is 68.6 cm³/mol. The fourth-order valence-electron chi connectivity index (χ4n) is 1.29. The molecule has 0 amide bonds. The van der Waals surface area contributed by atoms with Gasteiger partial charge in [-0.15, -0.1) is 22.9 Å². The number of thiophene rings is 1. The van der Waals surface area contributed by atoms with E-state index in [2.05, 4.69) is 35.2 Å². The van der Waals surface area contributed by atoms with Crippen molar-refractivity contribution in [3.05, 3.63) is 58.3 Å². The van der Waals surface area contributed by atoms with Crippen molar-refractivity contribution in [2.45, 2.75) is 6.04 Å². The highest BCUT2D eigenvalue weighted by Gasteiger charge is 2.07. The van der Waals surface area contributed by atoms with Crippen LogP contribution in [0.15, 0.2) is 47.8 Å². The van der Waals surface area contributed by atoms with E-state index in [4.69, 9.17) is 5.73 Å². The smallest absolute Gasteiger partial charge is 0.0645 e. The van der Waals surface area contributed by atoms with Gasteiger partial charge in [-0.05, 0) is 17.0 Å². The Morgan fingerprint density at radius 1 is 1.07 bits per heavy atom. The van der Waals surface area contributed by atoms with Crippen molar-refractivity contribution in [1.29, 1.82) is 0 Å². The van der Waals surface area contributed by atoms with Gasteiger partial charge in [-0.25, -0.2) is 0 Å². The highest BCUT2D eigenvalue weighted by atomic mass is 35.5. The van der Waals surface area contributed by atoms with E-state index in [1.165, 1.54) is 16.8 Å². The maximum atomic E-state index is 6.07. The first-order chi connectivity index (χ1) is 7.38. The normalized spacial score (nSPS) is 11.4. The lowest BCUT2D eigenvalue weighted by Gasteiger charge is -2.08. The van der Waals surface area contributed by atoms with Gasteiger partial charge < -0.3 is 5.73 Å². The van der Waals surface area contributed by atoms with Crippen LogP contribution in [0.4, 0.5) is 0 Å². The van der Waals surface area contributed by atoms with Gasteiger partial charge in [0.15, 0.2) is 0 Å². The van der Waals surface area contributed by atoms with Crippen LogP contribution in [0.1, 0.15) is 16.5 Å². The zero-order valence-corrected chi connectivity index (χ0v) is 10.1. The molecule has 0 aliphatic heterocycles. The van der Waals surface area contributed by atoms with Crippen LogP contribution in [-0.4, -0.2) is 6.38 Å². The van der Waals surface area contributed by atoms with E-state index in [9.17, 15) is 0 Å². The summed E-state index contributed by atoms with van der Waals surface area (Å²) in [6.07, 6.45) is 1.47. The van der Waals surface area contributed by atoms with Gasteiger partial charge in [0.05, 0.1) is 6.04 Å². The molecule has 0 saturated carbocycles. The number of hydrogen-bond donors (Lipinski definition) is 1. The molecular formula is C12H14ClNS. The summed E-state index contributed by atoms with van der Waals surface area (Å²) in [6, 6.07) is 14.3. The molecule has 1 nitrogen and oxygen atoms in total. The number of alkyl halides is 1. The molecule has 1 heterocycles. The molecule has 0 aliphatic carbocycles. The zero-order valence-electron chi connectivity index (χ0n) is 8.56. The number of benzene rings is 1. The largest absolute Gasteiger partial charge is 0.320 e. The molecule has 3 heteroatoms. The summed E-state index contributed by atoms with van der Waals surface area (Å²) in [5.41, 5.74) is 7.24. The first kappa shape index (κ1) is 12.2. The third-order valence-electron chi connectivity index (χ3n) is 2.01. The molecule has 2 aromatic rings. The summed E-state index contributed by atoms with van der Waals surface area (Å²) in [5.74, 6) is 0. The van der Waals surface area contributed by atoms with E-state index < -0.39 is 0 Å². The van der Waals surface area contributed by atoms with Crippen LogP contribution in [0.5, 0.6) is 0 Å². The SMILES string of the molecule is CCl.NC(c1ccccc1)c1cccs1. The third-order valence-corrected chi connectivity index (χ3v) is 2.96. The fourth-order valence-corrected chi connectivity index (χ4v) is 2.05. The lowest BCUT2D eigenvalue weighted by molar-refractivity contribution is 0.893. The van der Waals surface area contributed by atoms with Gasteiger partial charge in [0.25, 0.3) is 0 Å². The van der Waals surface area contributed by atoms with Crippen LogP contribution >= 0.6 is 22.9 Å². The Labute approximate surface area is 99.5 Å². The summed E-state index contributed by atoms with van der Waals surface area (Å²) in [5, 5.41) is 2.05. The van der Waals surface area contributed by atoms with Gasteiger partial charge >= 0.3 is 0 Å². The average molecular weight is 240 g/mol. The van der Waals surface area contributed by atoms with Crippen molar-refractivity contribution in [2.24, 2.45) is 5.73 Å². The minimum absolute atomic E-state index is 0.0289. The number of rotatable bonds is 2.